The van der Waals surface area contributed by atoms with Crippen LogP contribution < -0.4 is 16.4 Å². The van der Waals surface area contributed by atoms with Crippen LogP contribution in [0.3, 0.4) is 0 Å². The molecule has 3 aromatic carbocycles. The molecule has 0 aliphatic rings. The highest BCUT2D eigenvalue weighted by atomic mass is 19.1. The number of hydrogen-bond donors (Lipinski definition) is 0. The molecule has 0 unspecified atom stereocenters. The van der Waals surface area contributed by atoms with Gasteiger partial charge in [0.2, 0.25) is 6.71 Å². The summed E-state index contributed by atoms with van der Waals surface area (Å²) in [5.74, 6) is -0.199. The highest BCUT2D eigenvalue weighted by molar-refractivity contribution is 6.95. The van der Waals surface area contributed by atoms with Gasteiger partial charge in [-0.2, -0.15) is 0 Å². The van der Waals surface area contributed by atoms with Crippen molar-refractivity contribution in [1.82, 2.24) is 0 Å². The molecule has 0 aromatic heterocycles. The predicted molar refractivity (Wildman–Crippen MR) is 93.4 cm³/mol. The lowest BCUT2D eigenvalue weighted by atomic mass is 9.37. The second kappa shape index (κ2) is 6.19. The topological polar surface area (TPSA) is 0 Å². The summed E-state index contributed by atoms with van der Waals surface area (Å²) in [5, 5.41) is 0. The first-order valence-corrected chi connectivity index (χ1v) is 7.52. The fourth-order valence-corrected chi connectivity index (χ4v) is 2.75. The van der Waals surface area contributed by atoms with Crippen molar-refractivity contribution in [3.63, 3.8) is 0 Å². The lowest BCUT2D eigenvalue weighted by Gasteiger charge is -2.16. The van der Waals surface area contributed by atoms with Gasteiger partial charge in [-0.1, -0.05) is 88.2 Å². The minimum absolute atomic E-state index is 0.127. The molecule has 108 valence electrons. The van der Waals surface area contributed by atoms with Gasteiger partial charge in [0.1, 0.15) is 5.82 Å². The van der Waals surface area contributed by atoms with Crippen LogP contribution in [-0.4, -0.2) is 6.71 Å². The van der Waals surface area contributed by atoms with Crippen LogP contribution >= 0.6 is 0 Å². The Morgan fingerprint density at radius 1 is 0.545 bits per heavy atom. The lowest BCUT2D eigenvalue weighted by Crippen LogP contribution is -2.51. The zero-order chi connectivity index (χ0) is 15.5. The monoisotopic (exact) mass is 288 g/mol. The molecule has 2 heteroatoms. The average Bonchev–Trinajstić information content (AvgIpc) is 2.53. The summed E-state index contributed by atoms with van der Waals surface area (Å²) in [4.78, 5) is 0. The molecule has 0 saturated carbocycles. The van der Waals surface area contributed by atoms with Crippen LogP contribution in [-0.2, 0) is 0 Å². The number of aryl methyl sites for hydroxylation is 2. The summed E-state index contributed by atoms with van der Waals surface area (Å²) in [6.45, 7) is 4.30. The van der Waals surface area contributed by atoms with Gasteiger partial charge in [0.15, 0.2) is 0 Å². The predicted octanol–water partition coefficient (Wildman–Crippen LogP) is 2.96. The molecule has 0 atom stereocenters. The fraction of sp³-hybridized carbons (Fsp3) is 0.100. The Labute approximate surface area is 131 Å². The summed E-state index contributed by atoms with van der Waals surface area (Å²) >= 11 is 0. The van der Waals surface area contributed by atoms with Crippen LogP contribution in [0.5, 0.6) is 0 Å². The molecule has 0 amide bonds. The third-order valence-electron chi connectivity index (χ3n) is 4.02. The van der Waals surface area contributed by atoms with E-state index in [2.05, 4.69) is 62.4 Å². The van der Waals surface area contributed by atoms with Gasteiger partial charge in [-0.25, -0.2) is 4.39 Å². The van der Waals surface area contributed by atoms with E-state index < -0.39 is 0 Å². The standard InChI is InChI=1S/C20H18BF/c1-15-3-7-17(8-4-15)21(18-9-5-16(2)6-10-18)19-11-13-20(22)14-12-19/h3-14H,1-2H3. The normalized spacial score (nSPS) is 10.5. The van der Waals surface area contributed by atoms with E-state index in [1.54, 1.807) is 0 Å². The van der Waals surface area contributed by atoms with E-state index in [0.717, 1.165) is 5.46 Å². The second-order valence-electron chi connectivity index (χ2n) is 5.81. The first kappa shape index (κ1) is 14.6. The molecule has 0 aliphatic heterocycles. The summed E-state index contributed by atoms with van der Waals surface area (Å²) in [6.07, 6.45) is 0. The van der Waals surface area contributed by atoms with E-state index in [0.29, 0.717) is 0 Å². The molecule has 0 spiro atoms. The van der Waals surface area contributed by atoms with Crippen LogP contribution in [0.25, 0.3) is 0 Å². The maximum Gasteiger partial charge on any atom is 0.241 e. The highest BCUT2D eigenvalue weighted by Gasteiger charge is 2.21. The second-order valence-corrected chi connectivity index (χ2v) is 5.81. The lowest BCUT2D eigenvalue weighted by molar-refractivity contribution is 0.628. The van der Waals surface area contributed by atoms with Crippen molar-refractivity contribution in [3.8, 4) is 0 Å². The van der Waals surface area contributed by atoms with Gasteiger partial charge in [-0.15, -0.1) is 0 Å². The number of benzene rings is 3. The van der Waals surface area contributed by atoms with Crippen molar-refractivity contribution in [3.05, 3.63) is 89.7 Å². The minimum atomic E-state index is -0.199. The van der Waals surface area contributed by atoms with Crippen molar-refractivity contribution in [2.45, 2.75) is 13.8 Å². The molecule has 3 rings (SSSR count). The highest BCUT2D eigenvalue weighted by Crippen LogP contribution is 2.01. The Hall–Kier alpha value is -2.35. The maximum atomic E-state index is 13.3. The quantitative estimate of drug-likeness (QED) is 0.650. The Bertz CT molecular complexity index is 635. The Morgan fingerprint density at radius 3 is 1.23 bits per heavy atom. The fourth-order valence-electron chi connectivity index (χ4n) is 2.75. The summed E-state index contributed by atoms with van der Waals surface area (Å²) in [6, 6.07) is 23.9. The molecule has 3 aromatic rings. The maximum absolute atomic E-state index is 13.3. The molecule has 0 N–H and O–H groups in total. The number of rotatable bonds is 3. The Balaban J connectivity index is 2.10. The van der Waals surface area contributed by atoms with Gasteiger partial charge >= 0.3 is 0 Å². The smallest absolute Gasteiger partial charge is 0.207 e. The Morgan fingerprint density at radius 2 is 0.864 bits per heavy atom. The van der Waals surface area contributed by atoms with Gasteiger partial charge in [0.25, 0.3) is 0 Å². The van der Waals surface area contributed by atoms with Gasteiger partial charge in [-0.3, -0.25) is 0 Å². The van der Waals surface area contributed by atoms with Gasteiger partial charge in [-0.05, 0) is 26.0 Å². The molecule has 22 heavy (non-hydrogen) atoms. The van der Waals surface area contributed by atoms with E-state index in [1.165, 1.54) is 34.2 Å². The zero-order valence-corrected chi connectivity index (χ0v) is 12.9. The van der Waals surface area contributed by atoms with Crippen molar-refractivity contribution in [2.75, 3.05) is 0 Å². The molecule has 0 nitrogen and oxygen atoms in total. The van der Waals surface area contributed by atoms with Crippen LogP contribution in [0.1, 0.15) is 11.1 Å². The molecular formula is C20H18BF. The number of hydrogen-bond acceptors (Lipinski definition) is 0. The molecule has 0 aliphatic carbocycles. The van der Waals surface area contributed by atoms with Gasteiger partial charge in [0.05, 0.1) is 0 Å². The average molecular weight is 288 g/mol. The summed E-state index contributed by atoms with van der Waals surface area (Å²) in [7, 11) is 0. The third kappa shape index (κ3) is 3.11. The van der Waals surface area contributed by atoms with E-state index in [9.17, 15) is 4.39 Å². The van der Waals surface area contributed by atoms with Gasteiger partial charge < -0.3 is 0 Å². The third-order valence-corrected chi connectivity index (χ3v) is 4.02. The first-order chi connectivity index (χ1) is 10.6. The number of halogens is 1. The van der Waals surface area contributed by atoms with Crippen molar-refractivity contribution in [1.29, 1.82) is 0 Å². The summed E-state index contributed by atoms with van der Waals surface area (Å²) < 4.78 is 13.3. The minimum Gasteiger partial charge on any atom is -0.207 e. The zero-order valence-electron chi connectivity index (χ0n) is 12.9. The molecule has 0 radical (unpaired) electrons. The van der Waals surface area contributed by atoms with E-state index in [1.807, 2.05) is 12.1 Å². The van der Waals surface area contributed by atoms with Crippen LogP contribution in [0.4, 0.5) is 4.39 Å². The summed E-state index contributed by atoms with van der Waals surface area (Å²) in [5.41, 5.74) is 6.03. The SMILES string of the molecule is Cc1ccc(B(c2ccc(C)cc2)c2ccc(F)cc2)cc1. The van der Waals surface area contributed by atoms with E-state index in [4.69, 9.17) is 0 Å². The largest absolute Gasteiger partial charge is 0.241 e. The molecular weight excluding hydrogens is 270 g/mol. The Kier molecular flexibility index (Phi) is 4.10. The van der Waals surface area contributed by atoms with E-state index >= 15 is 0 Å². The molecule has 0 bridgehead atoms. The van der Waals surface area contributed by atoms with Crippen LogP contribution in [0.2, 0.25) is 0 Å². The van der Waals surface area contributed by atoms with Gasteiger partial charge in [0, 0.05) is 0 Å². The molecule has 0 heterocycles. The van der Waals surface area contributed by atoms with E-state index in [-0.39, 0.29) is 12.5 Å². The molecule has 0 saturated heterocycles. The van der Waals surface area contributed by atoms with Crippen LogP contribution in [0.15, 0.2) is 72.8 Å². The van der Waals surface area contributed by atoms with Crippen LogP contribution in [0, 0.1) is 19.7 Å². The van der Waals surface area contributed by atoms with Crippen molar-refractivity contribution >= 4 is 23.1 Å². The first-order valence-electron chi connectivity index (χ1n) is 7.52. The van der Waals surface area contributed by atoms with Crippen molar-refractivity contribution < 1.29 is 4.39 Å². The van der Waals surface area contributed by atoms with Crippen molar-refractivity contribution in [2.24, 2.45) is 0 Å². The molecule has 0 fully saturated rings.